The molecular formula is C24H29N2O4+. The summed E-state index contributed by atoms with van der Waals surface area (Å²) in [6.07, 6.45) is 0. The van der Waals surface area contributed by atoms with Crippen LogP contribution in [0.15, 0.2) is 54.6 Å². The van der Waals surface area contributed by atoms with Crippen LogP contribution < -0.4 is 24.4 Å². The van der Waals surface area contributed by atoms with E-state index in [0.717, 1.165) is 16.3 Å². The van der Waals surface area contributed by atoms with Crippen LogP contribution in [0.25, 0.3) is 10.8 Å². The van der Waals surface area contributed by atoms with Crippen LogP contribution in [0.4, 0.5) is 0 Å². The number of carbonyl (C=O) groups excluding carboxylic acids is 1. The van der Waals surface area contributed by atoms with Gasteiger partial charge in [0.1, 0.15) is 11.8 Å². The Morgan fingerprint density at radius 1 is 0.867 bits per heavy atom. The summed E-state index contributed by atoms with van der Waals surface area (Å²) in [5.74, 6) is 1.75. The zero-order valence-corrected chi connectivity index (χ0v) is 18.1. The fourth-order valence-electron chi connectivity index (χ4n) is 3.58. The molecule has 3 aromatic carbocycles. The van der Waals surface area contributed by atoms with Gasteiger partial charge in [-0.05, 0) is 41.1 Å². The summed E-state index contributed by atoms with van der Waals surface area (Å²) < 4.78 is 16.2. The first-order valence-corrected chi connectivity index (χ1v) is 9.85. The maximum absolute atomic E-state index is 13.0. The number of amides is 1. The zero-order valence-electron chi connectivity index (χ0n) is 18.1. The fourth-order valence-corrected chi connectivity index (χ4v) is 3.58. The number of rotatable bonds is 8. The van der Waals surface area contributed by atoms with E-state index in [-0.39, 0.29) is 11.9 Å². The van der Waals surface area contributed by atoms with Crippen LogP contribution in [0.2, 0.25) is 0 Å². The summed E-state index contributed by atoms with van der Waals surface area (Å²) in [5.41, 5.74) is 1.58. The molecule has 158 valence electrons. The number of ether oxygens (including phenoxy) is 3. The molecule has 1 atom stereocenters. The van der Waals surface area contributed by atoms with Crippen LogP contribution in [-0.4, -0.2) is 47.9 Å². The molecule has 30 heavy (non-hydrogen) atoms. The molecule has 0 aliphatic carbocycles. The van der Waals surface area contributed by atoms with Gasteiger partial charge in [-0.3, -0.25) is 4.79 Å². The van der Waals surface area contributed by atoms with Crippen LogP contribution in [0.1, 0.15) is 22.0 Å². The second kappa shape index (κ2) is 9.50. The number of methoxy groups -OCH3 is 3. The van der Waals surface area contributed by atoms with Crippen molar-refractivity contribution in [2.45, 2.75) is 6.04 Å². The first kappa shape index (κ1) is 21.5. The second-order valence-corrected chi connectivity index (χ2v) is 7.35. The lowest BCUT2D eigenvalue weighted by atomic mass is 10.0. The van der Waals surface area contributed by atoms with Crippen molar-refractivity contribution >= 4 is 16.7 Å². The highest BCUT2D eigenvalue weighted by atomic mass is 16.5. The third-order valence-electron chi connectivity index (χ3n) is 5.29. The van der Waals surface area contributed by atoms with Gasteiger partial charge in [-0.2, -0.15) is 0 Å². The highest BCUT2D eigenvalue weighted by Crippen LogP contribution is 2.29. The van der Waals surface area contributed by atoms with E-state index >= 15 is 0 Å². The third-order valence-corrected chi connectivity index (χ3v) is 5.29. The molecule has 0 spiro atoms. The molecule has 0 aliphatic heterocycles. The molecule has 6 nitrogen and oxygen atoms in total. The van der Waals surface area contributed by atoms with Gasteiger partial charge in [0, 0.05) is 5.56 Å². The molecule has 3 rings (SSSR count). The summed E-state index contributed by atoms with van der Waals surface area (Å²) >= 11 is 0. The monoisotopic (exact) mass is 409 g/mol. The summed E-state index contributed by atoms with van der Waals surface area (Å²) in [6, 6.07) is 17.6. The van der Waals surface area contributed by atoms with Crippen LogP contribution in [0, 0.1) is 0 Å². The smallest absolute Gasteiger partial charge is 0.255 e. The minimum absolute atomic E-state index is 0.0419. The van der Waals surface area contributed by atoms with Crippen LogP contribution in [0.3, 0.4) is 0 Å². The fraction of sp³-hybridized carbons (Fsp3) is 0.292. The van der Waals surface area contributed by atoms with Gasteiger partial charge < -0.3 is 24.4 Å². The molecule has 0 saturated carbocycles. The normalized spacial score (nSPS) is 11.9. The number of hydrogen-bond acceptors (Lipinski definition) is 4. The minimum atomic E-state index is -0.163. The quantitative estimate of drug-likeness (QED) is 0.600. The molecule has 2 N–H and O–H groups in total. The number of likely N-dealkylation sites (N-methyl/N-ethyl adjacent to an activating group) is 1. The number of nitrogens with one attached hydrogen (secondary N) is 2. The van der Waals surface area contributed by atoms with E-state index in [0.29, 0.717) is 29.4 Å². The lowest BCUT2D eigenvalue weighted by Gasteiger charge is -2.23. The second-order valence-electron chi connectivity index (χ2n) is 7.35. The number of fused-ring (bicyclic) bond motifs is 1. The molecule has 0 fully saturated rings. The Balaban J connectivity index is 1.83. The first-order chi connectivity index (χ1) is 14.5. The maximum Gasteiger partial charge on any atom is 0.255 e. The molecule has 0 aliphatic rings. The van der Waals surface area contributed by atoms with Crippen molar-refractivity contribution in [3.63, 3.8) is 0 Å². The lowest BCUT2D eigenvalue weighted by Crippen LogP contribution is -3.07. The molecular weight excluding hydrogens is 380 g/mol. The van der Waals surface area contributed by atoms with Gasteiger partial charge in [-0.15, -0.1) is 0 Å². The van der Waals surface area contributed by atoms with Crippen molar-refractivity contribution in [2.75, 3.05) is 42.0 Å². The van der Waals surface area contributed by atoms with E-state index in [1.165, 1.54) is 4.90 Å². The van der Waals surface area contributed by atoms with E-state index in [1.54, 1.807) is 21.3 Å². The first-order valence-electron chi connectivity index (χ1n) is 9.85. The molecule has 0 unspecified atom stereocenters. The molecule has 0 bridgehead atoms. The molecule has 0 heterocycles. The highest BCUT2D eigenvalue weighted by Gasteiger charge is 2.22. The zero-order chi connectivity index (χ0) is 21.7. The number of hydrogen-bond donors (Lipinski definition) is 2. The topological polar surface area (TPSA) is 61.2 Å². The maximum atomic E-state index is 13.0. The van der Waals surface area contributed by atoms with Gasteiger partial charge >= 0.3 is 0 Å². The minimum Gasteiger partial charge on any atom is -0.496 e. The highest BCUT2D eigenvalue weighted by molar-refractivity contribution is 6.01. The summed E-state index contributed by atoms with van der Waals surface area (Å²) in [6.45, 7) is 0.465. The molecule has 1 amide bonds. The van der Waals surface area contributed by atoms with Gasteiger partial charge in [0.05, 0.1) is 47.5 Å². The van der Waals surface area contributed by atoms with Crippen LogP contribution >= 0.6 is 0 Å². The van der Waals surface area contributed by atoms with Crippen molar-refractivity contribution in [1.82, 2.24) is 5.32 Å². The predicted molar refractivity (Wildman–Crippen MR) is 118 cm³/mol. The average Bonchev–Trinajstić information content (AvgIpc) is 2.77. The van der Waals surface area contributed by atoms with E-state index < -0.39 is 0 Å². The van der Waals surface area contributed by atoms with Gasteiger partial charge in [0.2, 0.25) is 0 Å². The Hall–Kier alpha value is -3.25. The molecule has 0 radical (unpaired) electrons. The largest absolute Gasteiger partial charge is 0.496 e. The average molecular weight is 410 g/mol. The van der Waals surface area contributed by atoms with Gasteiger partial charge in [0.25, 0.3) is 5.91 Å². The molecule has 0 aromatic heterocycles. The van der Waals surface area contributed by atoms with E-state index in [1.807, 2.05) is 54.6 Å². The van der Waals surface area contributed by atoms with E-state index in [4.69, 9.17) is 14.2 Å². The Morgan fingerprint density at radius 2 is 1.50 bits per heavy atom. The van der Waals surface area contributed by atoms with E-state index in [9.17, 15) is 4.79 Å². The third kappa shape index (κ3) is 4.49. The van der Waals surface area contributed by atoms with Crippen molar-refractivity contribution in [2.24, 2.45) is 0 Å². The summed E-state index contributed by atoms with van der Waals surface area (Å²) in [5, 5.41) is 5.10. The standard InChI is InChI=1S/C24H28N2O4/c1-26(2)20(18-10-11-21(28-3)23(14-18)30-5)15-25-24(27)19-12-16-8-6-7-9-17(16)13-22(19)29-4/h6-14,20H,15H2,1-5H3,(H,25,27)/p+1/t20-/m0/s1. The van der Waals surface area contributed by atoms with Gasteiger partial charge in [-0.25, -0.2) is 0 Å². The number of benzene rings is 3. The SMILES string of the molecule is COc1ccc([C@H](CNC(=O)c2cc3ccccc3cc2OC)[NH+](C)C)cc1OC. The number of carbonyl (C=O) groups is 1. The van der Waals surface area contributed by atoms with Crippen molar-refractivity contribution < 1.29 is 23.9 Å². The van der Waals surface area contributed by atoms with Gasteiger partial charge in [0.15, 0.2) is 11.5 Å². The Kier molecular flexibility index (Phi) is 6.79. The van der Waals surface area contributed by atoms with Crippen molar-refractivity contribution in [3.8, 4) is 17.2 Å². The lowest BCUT2D eigenvalue weighted by molar-refractivity contribution is -0.890. The van der Waals surface area contributed by atoms with Crippen LogP contribution in [0.5, 0.6) is 17.2 Å². The molecule has 0 saturated heterocycles. The molecule has 6 heteroatoms. The predicted octanol–water partition coefficient (Wildman–Crippen LogP) is 2.48. The van der Waals surface area contributed by atoms with Crippen molar-refractivity contribution in [3.05, 3.63) is 65.7 Å². The summed E-state index contributed by atoms with van der Waals surface area (Å²) in [4.78, 5) is 14.2. The Morgan fingerprint density at radius 3 is 2.10 bits per heavy atom. The number of quaternary nitrogens is 1. The van der Waals surface area contributed by atoms with Gasteiger partial charge in [-0.1, -0.05) is 24.3 Å². The van der Waals surface area contributed by atoms with Crippen molar-refractivity contribution in [1.29, 1.82) is 0 Å². The summed E-state index contributed by atoms with van der Waals surface area (Å²) in [7, 11) is 8.93. The molecule has 3 aromatic rings. The Labute approximate surface area is 177 Å². The van der Waals surface area contributed by atoms with E-state index in [2.05, 4.69) is 19.4 Å². The Bertz CT molecular complexity index is 1030. The van der Waals surface area contributed by atoms with Crippen LogP contribution in [-0.2, 0) is 0 Å².